The van der Waals surface area contributed by atoms with Crippen LogP contribution in [0, 0.1) is 0 Å². The van der Waals surface area contributed by atoms with Gasteiger partial charge in [-0.15, -0.1) is 5.10 Å². The molecule has 27 heavy (non-hydrogen) atoms. The molecule has 0 saturated heterocycles. The van der Waals surface area contributed by atoms with Crippen LogP contribution in [-0.4, -0.2) is 30.7 Å². The highest BCUT2D eigenvalue weighted by Crippen LogP contribution is 2.09. The first-order valence-electron chi connectivity index (χ1n) is 9.43. The van der Waals surface area contributed by atoms with Crippen molar-refractivity contribution in [2.45, 2.75) is 51.5 Å². The monoisotopic (exact) mass is 366 g/mol. The molecule has 142 valence electrons. The number of anilines is 1. The van der Waals surface area contributed by atoms with Crippen molar-refractivity contribution in [2.75, 3.05) is 5.73 Å². The molecule has 1 aromatic carbocycles. The molecule has 7 nitrogen and oxygen atoms in total. The summed E-state index contributed by atoms with van der Waals surface area (Å²) >= 11 is 0. The molecule has 0 amide bonds. The second kappa shape index (κ2) is 9.66. The number of carbonyl (C=O) groups excluding carboxylic acids is 1. The number of nitrogens with zero attached hydrogens (tertiary/aromatic N) is 4. The number of aryl methyl sites for hydroxylation is 3. The maximum Gasteiger partial charge on any atom is 0.197 e. The molecule has 3 N–H and O–H groups in total. The van der Waals surface area contributed by atoms with Crippen molar-refractivity contribution in [1.82, 2.24) is 25.0 Å². The Morgan fingerprint density at radius 1 is 1.07 bits per heavy atom. The topological polar surface area (TPSA) is 102 Å². The summed E-state index contributed by atoms with van der Waals surface area (Å²) < 4.78 is 1.65. The lowest BCUT2D eigenvalue weighted by atomic mass is 10.1. The SMILES string of the molecule is Nc1ncc(CCCCCc2cn(CC(=O)CCc3ccccc3)nn2)[nH]1. The number of H-pyrrole nitrogens is 1. The number of nitrogens with two attached hydrogens (primary N) is 1. The van der Waals surface area contributed by atoms with E-state index < -0.39 is 0 Å². The van der Waals surface area contributed by atoms with E-state index in [1.165, 1.54) is 5.56 Å². The van der Waals surface area contributed by atoms with Gasteiger partial charge < -0.3 is 10.7 Å². The van der Waals surface area contributed by atoms with Gasteiger partial charge in [-0.2, -0.15) is 0 Å². The Morgan fingerprint density at radius 2 is 1.89 bits per heavy atom. The van der Waals surface area contributed by atoms with Gasteiger partial charge in [0.1, 0.15) is 6.54 Å². The average Bonchev–Trinajstić information content (AvgIpc) is 3.29. The average molecular weight is 366 g/mol. The summed E-state index contributed by atoms with van der Waals surface area (Å²) in [7, 11) is 0. The molecule has 2 aromatic heterocycles. The van der Waals surface area contributed by atoms with Gasteiger partial charge in [0.2, 0.25) is 0 Å². The zero-order valence-corrected chi connectivity index (χ0v) is 15.5. The zero-order chi connectivity index (χ0) is 18.9. The van der Waals surface area contributed by atoms with Crippen molar-refractivity contribution in [3.8, 4) is 0 Å². The van der Waals surface area contributed by atoms with Gasteiger partial charge in [0.15, 0.2) is 11.7 Å². The van der Waals surface area contributed by atoms with E-state index in [1.807, 2.05) is 36.5 Å². The van der Waals surface area contributed by atoms with Crippen molar-refractivity contribution in [2.24, 2.45) is 0 Å². The molecule has 0 spiro atoms. The number of unbranched alkanes of at least 4 members (excludes halogenated alkanes) is 2. The van der Waals surface area contributed by atoms with Crippen LogP contribution in [-0.2, 0) is 30.6 Å². The van der Waals surface area contributed by atoms with E-state index in [4.69, 9.17) is 5.73 Å². The molecule has 0 unspecified atom stereocenters. The fourth-order valence-electron chi connectivity index (χ4n) is 3.02. The quantitative estimate of drug-likeness (QED) is 0.508. The van der Waals surface area contributed by atoms with Crippen LogP contribution in [0.5, 0.6) is 0 Å². The van der Waals surface area contributed by atoms with Crippen molar-refractivity contribution >= 4 is 11.7 Å². The number of hydrogen-bond acceptors (Lipinski definition) is 5. The number of imidazole rings is 1. The maximum atomic E-state index is 12.1. The number of carbonyl (C=O) groups is 1. The Bertz CT molecular complexity index is 839. The first kappa shape index (κ1) is 18.8. The lowest BCUT2D eigenvalue weighted by Gasteiger charge is -2.01. The van der Waals surface area contributed by atoms with E-state index in [2.05, 4.69) is 20.3 Å². The molecule has 3 rings (SSSR count). The molecular weight excluding hydrogens is 340 g/mol. The first-order chi connectivity index (χ1) is 13.2. The van der Waals surface area contributed by atoms with Crippen molar-refractivity contribution in [3.63, 3.8) is 0 Å². The number of rotatable bonds is 11. The molecule has 0 bridgehead atoms. The largest absolute Gasteiger partial charge is 0.369 e. The number of Topliss-reactive ketones (excluding diaryl/α,β-unsaturated/α-hetero) is 1. The minimum atomic E-state index is 0.175. The van der Waals surface area contributed by atoms with E-state index in [9.17, 15) is 4.79 Å². The maximum absolute atomic E-state index is 12.1. The van der Waals surface area contributed by atoms with Gasteiger partial charge in [-0.05, 0) is 37.7 Å². The molecule has 0 aliphatic heterocycles. The summed E-state index contributed by atoms with van der Waals surface area (Å²) in [5, 5.41) is 8.25. The molecule has 7 heteroatoms. The number of aromatic nitrogens is 5. The van der Waals surface area contributed by atoms with Crippen LogP contribution in [0.1, 0.15) is 42.6 Å². The van der Waals surface area contributed by atoms with Crippen LogP contribution in [0.15, 0.2) is 42.7 Å². The van der Waals surface area contributed by atoms with Crippen molar-refractivity contribution in [1.29, 1.82) is 0 Å². The minimum absolute atomic E-state index is 0.175. The number of benzene rings is 1. The van der Waals surface area contributed by atoms with Gasteiger partial charge in [0.05, 0.1) is 11.9 Å². The second-order valence-corrected chi connectivity index (χ2v) is 6.79. The third-order valence-electron chi connectivity index (χ3n) is 4.49. The molecule has 3 aromatic rings. The Hall–Kier alpha value is -2.96. The van der Waals surface area contributed by atoms with Crippen LogP contribution < -0.4 is 5.73 Å². The van der Waals surface area contributed by atoms with E-state index in [1.54, 1.807) is 10.9 Å². The summed E-state index contributed by atoms with van der Waals surface area (Å²) in [5.41, 5.74) is 8.76. The normalized spacial score (nSPS) is 11.0. The highest BCUT2D eigenvalue weighted by Gasteiger charge is 2.07. The fourth-order valence-corrected chi connectivity index (χ4v) is 3.02. The number of ketones is 1. The second-order valence-electron chi connectivity index (χ2n) is 6.79. The predicted molar refractivity (Wildman–Crippen MR) is 104 cm³/mol. The predicted octanol–water partition coefficient (Wildman–Crippen LogP) is 2.74. The highest BCUT2D eigenvalue weighted by atomic mass is 16.1. The molecular formula is C20H26N6O. The molecule has 0 atom stereocenters. The third-order valence-corrected chi connectivity index (χ3v) is 4.49. The fraction of sp³-hybridized carbons (Fsp3) is 0.400. The number of nitrogen functional groups attached to an aromatic ring is 1. The lowest BCUT2D eigenvalue weighted by Crippen LogP contribution is -2.11. The Labute approximate surface area is 159 Å². The van der Waals surface area contributed by atoms with Crippen LogP contribution >= 0.6 is 0 Å². The molecule has 2 heterocycles. The van der Waals surface area contributed by atoms with Crippen molar-refractivity contribution < 1.29 is 4.79 Å². The Balaban J connectivity index is 1.32. The summed E-state index contributed by atoms with van der Waals surface area (Å²) in [6.07, 6.45) is 10.0. The number of nitrogens with one attached hydrogen (secondary N) is 1. The van der Waals surface area contributed by atoms with Crippen LogP contribution in [0.2, 0.25) is 0 Å². The van der Waals surface area contributed by atoms with Gasteiger partial charge in [-0.1, -0.05) is 42.0 Å². The zero-order valence-electron chi connectivity index (χ0n) is 15.5. The Morgan fingerprint density at radius 3 is 2.67 bits per heavy atom. The molecule has 0 aliphatic rings. The third kappa shape index (κ3) is 6.36. The van der Waals surface area contributed by atoms with Gasteiger partial charge in [-0.25, -0.2) is 9.67 Å². The van der Waals surface area contributed by atoms with E-state index in [-0.39, 0.29) is 5.78 Å². The van der Waals surface area contributed by atoms with Gasteiger partial charge in [-0.3, -0.25) is 4.79 Å². The summed E-state index contributed by atoms with van der Waals surface area (Å²) in [5.74, 6) is 0.647. The van der Waals surface area contributed by atoms with Crippen molar-refractivity contribution in [3.05, 3.63) is 59.7 Å². The Kier molecular flexibility index (Phi) is 6.73. The van der Waals surface area contributed by atoms with E-state index >= 15 is 0 Å². The van der Waals surface area contributed by atoms with Crippen LogP contribution in [0.4, 0.5) is 5.95 Å². The number of aromatic amines is 1. The van der Waals surface area contributed by atoms with Gasteiger partial charge in [0.25, 0.3) is 0 Å². The van der Waals surface area contributed by atoms with Gasteiger partial charge in [0, 0.05) is 18.3 Å². The van der Waals surface area contributed by atoms with E-state index in [0.717, 1.165) is 49.9 Å². The van der Waals surface area contributed by atoms with Crippen LogP contribution in [0.3, 0.4) is 0 Å². The first-order valence-corrected chi connectivity index (χ1v) is 9.43. The lowest BCUT2D eigenvalue weighted by molar-refractivity contribution is -0.119. The standard InChI is InChI=1S/C20H26N6O/c21-20-22-13-17(23-20)9-5-2-6-10-18-14-26(25-24-18)15-19(27)12-11-16-7-3-1-4-8-16/h1,3-4,7-8,13-14H,2,5-6,9-12,15H2,(H3,21,22,23). The molecule has 0 aliphatic carbocycles. The summed E-state index contributed by atoms with van der Waals surface area (Å²) in [6, 6.07) is 10.1. The summed E-state index contributed by atoms with van der Waals surface area (Å²) in [6.45, 7) is 0.293. The number of hydrogen-bond donors (Lipinski definition) is 2. The summed E-state index contributed by atoms with van der Waals surface area (Å²) in [4.78, 5) is 19.2. The molecule has 0 radical (unpaired) electrons. The van der Waals surface area contributed by atoms with E-state index in [0.29, 0.717) is 18.9 Å². The molecule has 0 fully saturated rings. The van der Waals surface area contributed by atoms with Crippen LogP contribution in [0.25, 0.3) is 0 Å². The minimum Gasteiger partial charge on any atom is -0.369 e. The molecule has 0 saturated carbocycles. The highest BCUT2D eigenvalue weighted by molar-refractivity contribution is 5.78. The van der Waals surface area contributed by atoms with Gasteiger partial charge >= 0.3 is 0 Å². The smallest absolute Gasteiger partial charge is 0.197 e.